The van der Waals surface area contributed by atoms with Crippen molar-refractivity contribution in [2.24, 2.45) is 0 Å². The molecule has 0 aliphatic carbocycles. The summed E-state index contributed by atoms with van der Waals surface area (Å²) < 4.78 is 0.879. The van der Waals surface area contributed by atoms with Crippen molar-refractivity contribution in [1.29, 1.82) is 0 Å². The van der Waals surface area contributed by atoms with Gasteiger partial charge in [0.05, 0.1) is 18.0 Å². The number of aromatic nitrogens is 2. The zero-order valence-electron chi connectivity index (χ0n) is 8.52. The Labute approximate surface area is 117 Å². The van der Waals surface area contributed by atoms with E-state index >= 15 is 0 Å². The molecule has 0 saturated heterocycles. The van der Waals surface area contributed by atoms with E-state index in [1.165, 1.54) is 12.4 Å². The first-order valence-corrected chi connectivity index (χ1v) is 6.16. The highest BCUT2D eigenvalue weighted by Gasteiger charge is 2.09. The summed E-state index contributed by atoms with van der Waals surface area (Å²) in [4.78, 5) is 19.7. The van der Waals surface area contributed by atoms with Gasteiger partial charge in [0.25, 0.3) is 5.91 Å². The van der Waals surface area contributed by atoms with E-state index < -0.39 is 0 Å². The van der Waals surface area contributed by atoms with E-state index in [0.717, 1.165) is 3.57 Å². The lowest BCUT2D eigenvalue weighted by molar-refractivity contribution is 0.102. The van der Waals surface area contributed by atoms with E-state index in [1.807, 2.05) is 18.2 Å². The summed E-state index contributed by atoms with van der Waals surface area (Å²) in [7, 11) is 0. The van der Waals surface area contributed by atoms with Crippen LogP contribution in [-0.2, 0) is 0 Å². The van der Waals surface area contributed by atoms with E-state index in [1.54, 1.807) is 6.07 Å². The molecule has 1 amide bonds. The van der Waals surface area contributed by atoms with Crippen molar-refractivity contribution in [3.63, 3.8) is 0 Å². The minimum absolute atomic E-state index is 0.216. The Morgan fingerprint density at radius 3 is 2.65 bits per heavy atom. The molecule has 1 heterocycles. The summed E-state index contributed by atoms with van der Waals surface area (Å²) in [6.45, 7) is 0. The number of hydrogen-bond acceptors (Lipinski definition) is 3. The van der Waals surface area contributed by atoms with Crippen molar-refractivity contribution in [2.45, 2.75) is 0 Å². The number of rotatable bonds is 2. The average molecular weight is 360 g/mol. The number of amides is 1. The molecular formula is C11H7ClIN3O. The van der Waals surface area contributed by atoms with Crippen LogP contribution >= 0.6 is 34.2 Å². The van der Waals surface area contributed by atoms with E-state index in [-0.39, 0.29) is 11.1 Å². The number of carbonyl (C=O) groups is 1. The van der Waals surface area contributed by atoms with E-state index in [0.29, 0.717) is 11.4 Å². The van der Waals surface area contributed by atoms with Crippen molar-refractivity contribution < 1.29 is 4.79 Å². The van der Waals surface area contributed by atoms with Crippen LogP contribution in [0, 0.1) is 3.57 Å². The van der Waals surface area contributed by atoms with E-state index in [2.05, 4.69) is 37.9 Å². The number of benzene rings is 1. The van der Waals surface area contributed by atoms with Gasteiger partial charge in [-0.05, 0) is 34.7 Å². The summed E-state index contributed by atoms with van der Waals surface area (Å²) in [6.07, 6.45) is 2.79. The lowest BCUT2D eigenvalue weighted by atomic mass is 10.2. The maximum atomic E-state index is 11.9. The monoisotopic (exact) mass is 359 g/mol. The summed E-state index contributed by atoms with van der Waals surface area (Å²) in [6, 6.07) is 7.30. The molecule has 1 aromatic carbocycles. The van der Waals surface area contributed by atoms with Crippen molar-refractivity contribution in [1.82, 2.24) is 9.97 Å². The number of nitrogens with zero attached hydrogens (tertiary/aromatic N) is 2. The normalized spacial score (nSPS) is 10.0. The molecule has 4 nitrogen and oxygen atoms in total. The molecule has 1 N–H and O–H groups in total. The molecule has 0 saturated carbocycles. The van der Waals surface area contributed by atoms with Crippen LogP contribution in [0.3, 0.4) is 0 Å². The van der Waals surface area contributed by atoms with Crippen LogP contribution in [0.5, 0.6) is 0 Å². The predicted molar refractivity (Wildman–Crippen MR) is 74.2 cm³/mol. The van der Waals surface area contributed by atoms with Crippen molar-refractivity contribution in [2.75, 3.05) is 5.32 Å². The Bertz CT molecular complexity index is 545. The highest BCUT2D eigenvalue weighted by molar-refractivity contribution is 14.1. The predicted octanol–water partition coefficient (Wildman–Crippen LogP) is 2.99. The van der Waals surface area contributed by atoms with Gasteiger partial charge in [0.15, 0.2) is 5.82 Å². The maximum Gasteiger partial charge on any atom is 0.257 e. The third kappa shape index (κ3) is 3.13. The van der Waals surface area contributed by atoms with Crippen molar-refractivity contribution >= 4 is 45.9 Å². The van der Waals surface area contributed by atoms with Crippen LogP contribution < -0.4 is 5.32 Å². The fourth-order valence-electron chi connectivity index (χ4n) is 1.21. The molecule has 86 valence electrons. The number of hydrogen-bond donors (Lipinski definition) is 1. The zero-order valence-corrected chi connectivity index (χ0v) is 11.4. The maximum absolute atomic E-state index is 11.9. The molecular weight excluding hydrogens is 352 g/mol. The SMILES string of the molecule is O=C(Nc1cnc(Cl)cn1)c1ccccc1I. The summed E-state index contributed by atoms with van der Waals surface area (Å²) in [5, 5.41) is 2.94. The fraction of sp³-hybridized carbons (Fsp3) is 0. The molecule has 0 atom stereocenters. The second-order valence-corrected chi connectivity index (χ2v) is 4.71. The molecule has 0 fully saturated rings. The number of anilines is 1. The van der Waals surface area contributed by atoms with Crippen LogP contribution in [0.4, 0.5) is 5.82 Å². The largest absolute Gasteiger partial charge is 0.305 e. The van der Waals surface area contributed by atoms with Crippen LogP contribution in [-0.4, -0.2) is 15.9 Å². The van der Waals surface area contributed by atoms with Crippen molar-refractivity contribution in [3.05, 3.63) is 50.9 Å². The average Bonchev–Trinajstić information content (AvgIpc) is 2.32. The molecule has 17 heavy (non-hydrogen) atoms. The summed E-state index contributed by atoms with van der Waals surface area (Å²) in [5.41, 5.74) is 0.602. The summed E-state index contributed by atoms with van der Waals surface area (Å²) >= 11 is 7.71. The van der Waals surface area contributed by atoms with Gasteiger partial charge in [0.1, 0.15) is 5.15 Å². The topological polar surface area (TPSA) is 54.9 Å². The molecule has 6 heteroatoms. The quantitative estimate of drug-likeness (QED) is 0.839. The molecule has 0 radical (unpaired) electrons. The first-order valence-electron chi connectivity index (χ1n) is 4.70. The molecule has 0 aliphatic heterocycles. The van der Waals surface area contributed by atoms with Crippen LogP contribution in [0.1, 0.15) is 10.4 Å². The van der Waals surface area contributed by atoms with Gasteiger partial charge in [-0.1, -0.05) is 23.7 Å². The van der Waals surface area contributed by atoms with Gasteiger partial charge in [0.2, 0.25) is 0 Å². The third-order valence-corrected chi connectivity index (χ3v) is 3.12. The molecule has 0 bridgehead atoms. The van der Waals surface area contributed by atoms with Gasteiger partial charge < -0.3 is 5.32 Å². The Morgan fingerprint density at radius 1 is 1.24 bits per heavy atom. The van der Waals surface area contributed by atoms with Gasteiger partial charge >= 0.3 is 0 Å². The molecule has 0 spiro atoms. The molecule has 2 rings (SSSR count). The zero-order chi connectivity index (χ0) is 12.3. The number of carbonyl (C=O) groups excluding carboxylic acids is 1. The van der Waals surface area contributed by atoms with Gasteiger partial charge in [0, 0.05) is 3.57 Å². The standard InChI is InChI=1S/C11H7ClIN3O/c12-9-5-15-10(6-14-9)16-11(17)7-3-1-2-4-8(7)13/h1-6H,(H,15,16,17). The molecule has 2 aromatic rings. The second-order valence-electron chi connectivity index (χ2n) is 3.16. The number of nitrogens with one attached hydrogen (secondary N) is 1. The third-order valence-electron chi connectivity index (χ3n) is 1.98. The van der Waals surface area contributed by atoms with Crippen LogP contribution in [0.15, 0.2) is 36.7 Å². The highest BCUT2D eigenvalue weighted by Crippen LogP contribution is 2.13. The smallest absolute Gasteiger partial charge is 0.257 e. The fourth-order valence-corrected chi connectivity index (χ4v) is 1.94. The lowest BCUT2D eigenvalue weighted by Gasteiger charge is -2.05. The van der Waals surface area contributed by atoms with Gasteiger partial charge in [-0.15, -0.1) is 0 Å². The minimum Gasteiger partial charge on any atom is -0.305 e. The Morgan fingerprint density at radius 2 is 2.00 bits per heavy atom. The second kappa shape index (κ2) is 5.42. The van der Waals surface area contributed by atoms with Crippen LogP contribution in [0.2, 0.25) is 5.15 Å². The highest BCUT2D eigenvalue weighted by atomic mass is 127. The van der Waals surface area contributed by atoms with E-state index in [9.17, 15) is 4.79 Å². The first kappa shape index (κ1) is 12.3. The van der Waals surface area contributed by atoms with Gasteiger partial charge in [-0.25, -0.2) is 9.97 Å². The summed E-state index contributed by atoms with van der Waals surface area (Å²) in [5.74, 6) is 0.158. The number of halogens is 2. The van der Waals surface area contributed by atoms with E-state index in [4.69, 9.17) is 11.6 Å². The van der Waals surface area contributed by atoms with Crippen LogP contribution in [0.25, 0.3) is 0 Å². The Balaban J connectivity index is 2.17. The lowest BCUT2D eigenvalue weighted by Crippen LogP contribution is -2.14. The molecule has 0 unspecified atom stereocenters. The Kier molecular flexibility index (Phi) is 3.90. The Hall–Kier alpha value is -1.21. The first-order chi connectivity index (χ1) is 8.16. The van der Waals surface area contributed by atoms with Gasteiger partial charge in [-0.2, -0.15) is 0 Å². The minimum atomic E-state index is -0.216. The molecule has 1 aromatic heterocycles. The van der Waals surface area contributed by atoms with Gasteiger partial charge in [-0.3, -0.25) is 4.79 Å². The van der Waals surface area contributed by atoms with Crippen molar-refractivity contribution in [3.8, 4) is 0 Å². The molecule has 0 aliphatic rings.